The lowest BCUT2D eigenvalue weighted by Crippen LogP contribution is -2.25. The maximum atomic E-state index is 14.2. The minimum absolute atomic E-state index is 0.0712. The van der Waals surface area contributed by atoms with Crippen LogP contribution < -0.4 is 15.4 Å². The van der Waals surface area contributed by atoms with Gasteiger partial charge in [0.1, 0.15) is 11.6 Å². The molecule has 2 N–H and O–H groups in total. The standard InChI is InChI=1S/C15H10FN5O3/c16-8-5-10-12(24-7-13(22)17-10)6-9(8)18-15(23)14-11-3-1-2-4-21(11)20-19-14/h1-6H,7H2,(H,17,22)(H,18,23). The number of anilines is 2. The zero-order chi connectivity index (χ0) is 16.7. The Balaban J connectivity index is 1.65. The number of ether oxygens (including phenoxy) is 1. The predicted octanol–water partition coefficient (Wildman–Crippen LogP) is 1.45. The first kappa shape index (κ1) is 14.1. The second-order valence-corrected chi connectivity index (χ2v) is 5.09. The van der Waals surface area contributed by atoms with Gasteiger partial charge in [-0.05, 0) is 12.1 Å². The average Bonchev–Trinajstić information content (AvgIpc) is 3.00. The molecule has 0 aliphatic carbocycles. The summed E-state index contributed by atoms with van der Waals surface area (Å²) in [5.41, 5.74) is 0.710. The molecule has 2 aromatic heterocycles. The van der Waals surface area contributed by atoms with E-state index in [1.807, 2.05) is 0 Å². The number of nitrogens with one attached hydrogen (secondary N) is 2. The first-order valence-corrected chi connectivity index (χ1v) is 6.99. The van der Waals surface area contributed by atoms with Crippen molar-refractivity contribution in [1.82, 2.24) is 14.8 Å². The van der Waals surface area contributed by atoms with Crippen LogP contribution in [0.2, 0.25) is 0 Å². The zero-order valence-electron chi connectivity index (χ0n) is 12.1. The van der Waals surface area contributed by atoms with E-state index < -0.39 is 11.7 Å². The second-order valence-electron chi connectivity index (χ2n) is 5.09. The van der Waals surface area contributed by atoms with Crippen LogP contribution in [0.5, 0.6) is 5.75 Å². The number of rotatable bonds is 2. The molecule has 1 aliphatic rings. The molecule has 1 aliphatic heterocycles. The maximum Gasteiger partial charge on any atom is 0.278 e. The van der Waals surface area contributed by atoms with Crippen LogP contribution in [0.25, 0.3) is 5.52 Å². The molecule has 0 spiro atoms. The van der Waals surface area contributed by atoms with Gasteiger partial charge < -0.3 is 15.4 Å². The fraction of sp³-hybridized carbons (Fsp3) is 0.0667. The summed E-state index contributed by atoms with van der Waals surface area (Å²) in [6.45, 7) is -0.165. The molecular weight excluding hydrogens is 317 g/mol. The van der Waals surface area contributed by atoms with E-state index in [0.717, 1.165) is 6.07 Å². The summed E-state index contributed by atoms with van der Waals surface area (Å²) in [6.07, 6.45) is 1.65. The number of pyridine rings is 1. The lowest BCUT2D eigenvalue weighted by Gasteiger charge is -2.19. The molecule has 8 nitrogen and oxygen atoms in total. The van der Waals surface area contributed by atoms with Gasteiger partial charge in [0, 0.05) is 18.3 Å². The number of benzene rings is 1. The van der Waals surface area contributed by atoms with E-state index in [2.05, 4.69) is 20.9 Å². The summed E-state index contributed by atoms with van der Waals surface area (Å²) >= 11 is 0. The van der Waals surface area contributed by atoms with Crippen molar-refractivity contribution >= 4 is 28.7 Å². The molecule has 0 saturated heterocycles. The lowest BCUT2D eigenvalue weighted by molar-refractivity contribution is -0.118. The largest absolute Gasteiger partial charge is 0.481 e. The molecule has 0 radical (unpaired) electrons. The Labute approximate surface area is 134 Å². The molecule has 0 atom stereocenters. The highest BCUT2D eigenvalue weighted by Crippen LogP contribution is 2.33. The van der Waals surface area contributed by atoms with Crippen LogP contribution in [0.4, 0.5) is 15.8 Å². The number of hydrogen-bond acceptors (Lipinski definition) is 5. The average molecular weight is 327 g/mol. The molecule has 2 amide bonds. The van der Waals surface area contributed by atoms with Crippen LogP contribution in [0.1, 0.15) is 10.5 Å². The minimum Gasteiger partial charge on any atom is -0.481 e. The highest BCUT2D eigenvalue weighted by atomic mass is 19.1. The first-order valence-electron chi connectivity index (χ1n) is 6.99. The molecule has 0 fully saturated rings. The zero-order valence-corrected chi connectivity index (χ0v) is 12.1. The van der Waals surface area contributed by atoms with E-state index in [0.29, 0.717) is 5.52 Å². The van der Waals surface area contributed by atoms with Gasteiger partial charge in [-0.25, -0.2) is 8.91 Å². The van der Waals surface area contributed by atoms with Gasteiger partial charge in [-0.2, -0.15) is 0 Å². The Hall–Kier alpha value is -3.49. The lowest BCUT2D eigenvalue weighted by atomic mass is 10.2. The van der Waals surface area contributed by atoms with Gasteiger partial charge in [0.05, 0.1) is 16.9 Å². The van der Waals surface area contributed by atoms with Crippen LogP contribution in [0.3, 0.4) is 0 Å². The quantitative estimate of drug-likeness (QED) is 0.742. The van der Waals surface area contributed by atoms with E-state index >= 15 is 0 Å². The molecule has 1 aromatic carbocycles. The minimum atomic E-state index is -0.704. The fourth-order valence-electron chi connectivity index (χ4n) is 2.38. The molecule has 3 aromatic rings. The molecule has 0 unspecified atom stereocenters. The van der Waals surface area contributed by atoms with E-state index in [1.165, 1.54) is 10.6 Å². The van der Waals surface area contributed by atoms with Crippen molar-refractivity contribution in [2.75, 3.05) is 17.2 Å². The van der Waals surface area contributed by atoms with Crippen molar-refractivity contribution in [3.63, 3.8) is 0 Å². The van der Waals surface area contributed by atoms with Crippen molar-refractivity contribution in [2.24, 2.45) is 0 Å². The molecule has 24 heavy (non-hydrogen) atoms. The van der Waals surface area contributed by atoms with Crippen LogP contribution in [0.15, 0.2) is 36.5 Å². The topological polar surface area (TPSA) is 97.6 Å². The molecular formula is C15H10FN5O3. The van der Waals surface area contributed by atoms with Crippen LogP contribution >= 0.6 is 0 Å². The van der Waals surface area contributed by atoms with Gasteiger partial charge in [-0.3, -0.25) is 9.59 Å². The molecule has 0 saturated carbocycles. The third kappa shape index (κ3) is 2.32. The molecule has 4 rings (SSSR count). The van der Waals surface area contributed by atoms with Crippen molar-refractivity contribution in [3.8, 4) is 5.75 Å². The van der Waals surface area contributed by atoms with Crippen LogP contribution in [0, 0.1) is 5.82 Å². The Bertz CT molecular complexity index is 984. The summed E-state index contributed by atoms with van der Waals surface area (Å²) < 4.78 is 20.8. The highest BCUT2D eigenvalue weighted by Gasteiger charge is 2.21. The number of aromatic nitrogens is 3. The van der Waals surface area contributed by atoms with Gasteiger partial charge in [0.2, 0.25) is 0 Å². The van der Waals surface area contributed by atoms with Crippen molar-refractivity contribution in [2.45, 2.75) is 0 Å². The van der Waals surface area contributed by atoms with E-state index in [-0.39, 0.29) is 35.3 Å². The van der Waals surface area contributed by atoms with Crippen molar-refractivity contribution in [3.05, 3.63) is 48.0 Å². The Morgan fingerprint density at radius 2 is 2.25 bits per heavy atom. The van der Waals surface area contributed by atoms with Gasteiger partial charge in [0.25, 0.3) is 11.8 Å². The van der Waals surface area contributed by atoms with E-state index in [9.17, 15) is 14.0 Å². The summed E-state index contributed by atoms with van der Waals surface area (Å²) in [5, 5.41) is 12.6. The summed E-state index contributed by atoms with van der Waals surface area (Å²) in [7, 11) is 0. The number of carbonyl (C=O) groups is 2. The molecule has 9 heteroatoms. The van der Waals surface area contributed by atoms with Gasteiger partial charge >= 0.3 is 0 Å². The smallest absolute Gasteiger partial charge is 0.278 e. The monoisotopic (exact) mass is 327 g/mol. The third-order valence-corrected chi connectivity index (χ3v) is 3.49. The summed E-state index contributed by atoms with van der Waals surface area (Å²) in [5.74, 6) is -1.40. The first-order chi connectivity index (χ1) is 11.6. The van der Waals surface area contributed by atoms with Gasteiger partial charge in [0.15, 0.2) is 12.3 Å². The molecule has 0 bridgehead atoms. The predicted molar refractivity (Wildman–Crippen MR) is 81.5 cm³/mol. The Morgan fingerprint density at radius 3 is 3.12 bits per heavy atom. The van der Waals surface area contributed by atoms with Gasteiger partial charge in [-0.15, -0.1) is 5.10 Å². The van der Waals surface area contributed by atoms with E-state index in [1.54, 1.807) is 24.4 Å². The Morgan fingerprint density at radius 1 is 1.38 bits per heavy atom. The highest BCUT2D eigenvalue weighted by molar-refractivity contribution is 6.07. The SMILES string of the molecule is O=C1COc2cc(NC(=O)c3nnn4ccccc34)c(F)cc2N1. The third-order valence-electron chi connectivity index (χ3n) is 3.49. The Kier molecular flexibility index (Phi) is 3.12. The number of nitrogens with zero attached hydrogens (tertiary/aromatic N) is 3. The number of halogens is 1. The van der Waals surface area contributed by atoms with Gasteiger partial charge in [-0.1, -0.05) is 11.3 Å². The molecule has 3 heterocycles. The van der Waals surface area contributed by atoms with Crippen LogP contribution in [-0.4, -0.2) is 33.2 Å². The maximum absolute atomic E-state index is 14.2. The second kappa shape index (κ2) is 5.30. The van der Waals surface area contributed by atoms with Crippen molar-refractivity contribution in [1.29, 1.82) is 0 Å². The van der Waals surface area contributed by atoms with Crippen molar-refractivity contribution < 1.29 is 18.7 Å². The summed E-state index contributed by atoms with van der Waals surface area (Å²) in [6, 6.07) is 7.57. The van der Waals surface area contributed by atoms with Crippen LogP contribution in [-0.2, 0) is 4.79 Å². The molecule has 120 valence electrons. The fourth-order valence-corrected chi connectivity index (χ4v) is 2.38. The summed E-state index contributed by atoms with van der Waals surface area (Å²) in [4.78, 5) is 23.6. The number of hydrogen-bond donors (Lipinski definition) is 2. The number of fused-ring (bicyclic) bond motifs is 2. The van der Waals surface area contributed by atoms with E-state index in [4.69, 9.17) is 4.74 Å². The number of amides is 2. The number of carbonyl (C=O) groups excluding carboxylic acids is 2. The normalized spacial score (nSPS) is 13.1.